The number of ether oxygens (including phenoxy) is 1. The molecule has 0 fully saturated rings. The second-order valence-electron chi connectivity index (χ2n) is 14.2. The van der Waals surface area contributed by atoms with Crippen LogP contribution in [0.4, 0.5) is 4.79 Å². The molecule has 0 heterocycles. The van der Waals surface area contributed by atoms with Crippen molar-refractivity contribution in [2.75, 3.05) is 18.7 Å². The highest BCUT2D eigenvalue weighted by Crippen LogP contribution is 2.50. The molecule has 0 aliphatic heterocycles. The first-order chi connectivity index (χ1) is 25.4. The van der Waals surface area contributed by atoms with Crippen molar-refractivity contribution in [1.29, 1.82) is 0 Å². The summed E-state index contributed by atoms with van der Waals surface area (Å²) >= 11 is 0. The number of carbonyl (C=O) groups is 3. The molecule has 4 N–H and O–H groups in total. The van der Waals surface area contributed by atoms with Crippen LogP contribution in [0, 0.1) is 11.8 Å². The molecular weight excluding hydrogens is 772 g/mol. The molecule has 2 aromatic carbocycles. The van der Waals surface area contributed by atoms with Crippen LogP contribution in [0.25, 0.3) is 0 Å². The second kappa shape index (κ2) is 22.2. The minimum Gasteiger partial charge on any atom is -0.443 e. The fourth-order valence-electron chi connectivity index (χ4n) is 4.85. The van der Waals surface area contributed by atoms with E-state index in [4.69, 9.17) is 19.6 Å². The number of carbonyl (C=O) groups excluding carboxylic acids is 3. The van der Waals surface area contributed by atoms with E-state index in [1.54, 1.807) is 84.9 Å². The summed E-state index contributed by atoms with van der Waals surface area (Å²) in [6.45, 7) is 17.4. The van der Waals surface area contributed by atoms with Crippen LogP contribution in [0.2, 0.25) is 0 Å². The van der Waals surface area contributed by atoms with Gasteiger partial charge in [0.05, 0.1) is 23.0 Å². The normalized spacial score (nSPS) is 14.1. The lowest BCUT2D eigenvalue weighted by Gasteiger charge is -2.32. The molecule has 18 heteroatoms. The lowest BCUT2D eigenvalue weighted by molar-refractivity contribution is -0.133. The van der Waals surface area contributed by atoms with Gasteiger partial charge in [-0.25, -0.2) is 32.5 Å². The minimum atomic E-state index is -3.68. The van der Waals surface area contributed by atoms with Gasteiger partial charge < -0.3 is 24.4 Å². The highest BCUT2D eigenvalue weighted by molar-refractivity contribution is 7.97. The summed E-state index contributed by atoms with van der Waals surface area (Å²) in [6, 6.07) is 13.2. The molecule has 0 aromatic heterocycles. The highest BCUT2D eigenvalue weighted by Gasteiger charge is 2.35. The van der Waals surface area contributed by atoms with Gasteiger partial charge in [-0.1, -0.05) is 70.2 Å². The number of benzene rings is 2. The Bertz CT molecular complexity index is 1810. The Morgan fingerprint density at radius 3 is 1.75 bits per heavy atom. The third-order valence-electron chi connectivity index (χ3n) is 7.25. The number of nitrogens with two attached hydrogens (primary N) is 1. The molecule has 2 aromatic rings. The van der Waals surface area contributed by atoms with E-state index in [0.29, 0.717) is 6.42 Å². The van der Waals surface area contributed by atoms with Crippen molar-refractivity contribution < 1.29 is 49.6 Å². The van der Waals surface area contributed by atoms with Gasteiger partial charge in [-0.05, 0) is 84.1 Å². The van der Waals surface area contributed by atoms with Crippen LogP contribution in [0.1, 0.15) is 75.7 Å². The van der Waals surface area contributed by atoms with Gasteiger partial charge in [-0.2, -0.15) is 0 Å². The molecule has 0 radical (unpaired) electrons. The van der Waals surface area contributed by atoms with Crippen LogP contribution in [-0.2, 0) is 47.6 Å². The molecule has 310 valence electrons. The van der Waals surface area contributed by atoms with E-state index >= 15 is 0 Å². The average Bonchev–Trinajstić information content (AvgIpc) is 3.07. The molecule has 0 aliphatic carbocycles. The smallest absolute Gasteiger partial charge is 0.425 e. The minimum absolute atomic E-state index is 0.115. The van der Waals surface area contributed by atoms with Gasteiger partial charge in [0.1, 0.15) is 17.7 Å². The Kier molecular flexibility index (Phi) is 20.0. The van der Waals surface area contributed by atoms with Crippen molar-refractivity contribution in [3.8, 4) is 0 Å². The number of hydrogen-bond acceptors (Lipinski definition) is 12. The lowest BCUT2D eigenvalue weighted by atomic mass is 10.0. The van der Waals surface area contributed by atoms with Crippen LogP contribution in [0.3, 0.4) is 0 Å². The van der Waals surface area contributed by atoms with Gasteiger partial charge in [-0.3, -0.25) is 14.2 Å². The number of hydrazine groups is 1. The van der Waals surface area contributed by atoms with E-state index in [-0.39, 0.29) is 34.8 Å². The maximum absolute atomic E-state index is 13.0. The number of sulfone groups is 2. The van der Waals surface area contributed by atoms with Gasteiger partial charge in [0.15, 0.2) is 25.2 Å². The van der Waals surface area contributed by atoms with Gasteiger partial charge in [0.25, 0.3) is 0 Å². The van der Waals surface area contributed by atoms with Gasteiger partial charge in [-0.15, -0.1) is 0 Å². The molecule has 0 saturated carbocycles. The van der Waals surface area contributed by atoms with Crippen LogP contribution < -0.4 is 16.5 Å². The quantitative estimate of drug-likeness (QED) is 0.0700. The lowest BCUT2D eigenvalue weighted by Crippen LogP contribution is -2.59. The summed E-state index contributed by atoms with van der Waals surface area (Å²) in [5.41, 5.74) is -1.43. The van der Waals surface area contributed by atoms with E-state index in [2.05, 4.69) is 10.6 Å². The highest BCUT2D eigenvalue weighted by atomic mass is 32.2. The van der Waals surface area contributed by atoms with Crippen LogP contribution in [0.5, 0.6) is 0 Å². The van der Waals surface area contributed by atoms with Gasteiger partial charge >= 0.3 is 13.7 Å². The van der Waals surface area contributed by atoms with E-state index < -0.39 is 74.4 Å². The first-order valence-corrected chi connectivity index (χ1v) is 22.8. The van der Waals surface area contributed by atoms with Crippen molar-refractivity contribution in [3.63, 3.8) is 0 Å². The fraction of sp³-hybridized carbons (Fsp3) is 0.541. The zero-order chi connectivity index (χ0) is 42.2. The molecule has 15 nitrogen and oxygen atoms in total. The molecule has 0 saturated heterocycles. The number of rotatable bonds is 18. The Labute approximate surface area is 327 Å². The van der Waals surface area contributed by atoms with Gasteiger partial charge in [0.2, 0.25) is 11.8 Å². The molecule has 0 aliphatic rings. The number of nitrogens with zero attached hydrogens (tertiary/aromatic N) is 1. The number of nitrogens with one attached hydrogen (secondary N) is 2. The van der Waals surface area contributed by atoms with E-state index in [1.807, 2.05) is 13.8 Å². The van der Waals surface area contributed by atoms with Crippen LogP contribution in [0.15, 0.2) is 81.9 Å². The third-order valence-corrected chi connectivity index (χ3v) is 13.6. The predicted molar refractivity (Wildman–Crippen MR) is 212 cm³/mol. The molecular formula is C37H59N4O11PS2. The Hall–Kier alpha value is -3.60. The SMILES string of the molecule is CC(C)C[C@@H](/C=C/S(=O)(=O)c1ccccc1)NC(=O)C(C)NC(=O)C(C(C)C)N(N)C(=O)OC(C)(C)C.CCOP(=O)(CS(=O)(=O)c1ccccc1)OCC. The second-order valence-corrected chi connectivity index (χ2v) is 20.5. The van der Waals surface area contributed by atoms with Crippen LogP contribution in [-0.4, -0.2) is 82.2 Å². The predicted octanol–water partition coefficient (Wildman–Crippen LogP) is 5.83. The molecule has 55 heavy (non-hydrogen) atoms. The van der Waals surface area contributed by atoms with Crippen molar-refractivity contribution >= 4 is 45.2 Å². The van der Waals surface area contributed by atoms with Crippen molar-refractivity contribution in [3.05, 3.63) is 72.1 Å². The van der Waals surface area contributed by atoms with Crippen molar-refractivity contribution in [1.82, 2.24) is 15.6 Å². The zero-order valence-corrected chi connectivity index (χ0v) is 35.9. The first kappa shape index (κ1) is 49.4. The molecule has 0 bridgehead atoms. The Morgan fingerprint density at radius 2 is 1.31 bits per heavy atom. The maximum atomic E-state index is 13.0. The van der Waals surface area contributed by atoms with Gasteiger partial charge in [0, 0.05) is 11.4 Å². The fourth-order valence-corrected chi connectivity index (χ4v) is 10.2. The zero-order valence-electron chi connectivity index (χ0n) is 33.4. The summed E-state index contributed by atoms with van der Waals surface area (Å²) in [5.74, 6) is 4.58. The molecule has 3 atom stereocenters. The molecule has 3 amide bonds. The molecule has 2 rings (SSSR count). The summed E-state index contributed by atoms with van der Waals surface area (Å²) in [6.07, 6.45) is 1.06. The maximum Gasteiger partial charge on any atom is 0.425 e. The summed E-state index contributed by atoms with van der Waals surface area (Å²) in [5, 5.41) is 7.20. The summed E-state index contributed by atoms with van der Waals surface area (Å²) in [4.78, 5) is 38.5. The number of hydrogen-bond donors (Lipinski definition) is 3. The van der Waals surface area contributed by atoms with E-state index in [1.165, 1.54) is 37.3 Å². The molecule has 0 spiro atoms. The van der Waals surface area contributed by atoms with Crippen molar-refractivity contribution in [2.45, 2.75) is 109 Å². The number of amides is 3. The summed E-state index contributed by atoms with van der Waals surface area (Å²) in [7, 11) is -11.0. The Morgan fingerprint density at radius 1 is 0.818 bits per heavy atom. The standard InChI is InChI=1S/C26H42N4O6S.C11H17O5PS/c1-17(2)16-20(14-15-37(34,35)21-12-10-9-11-13-21)29-23(31)19(5)28-24(32)22(18(3)4)30(27)25(33)36-26(6,7)8;1-3-15-17(12,16-4-2)10-18(13,14)11-8-6-5-7-9-11/h9-15,17-20,22H,16,27H2,1-8H3,(H,28,32)(H,29,31);5-9H,3-4,10H2,1-2H3/b15-14+;/t19?,20-,22?;/m1./s1. The largest absolute Gasteiger partial charge is 0.443 e. The Balaban J connectivity index is 0.000000699. The monoisotopic (exact) mass is 830 g/mol. The van der Waals surface area contributed by atoms with E-state index in [9.17, 15) is 35.8 Å². The molecule has 2 unspecified atom stereocenters. The van der Waals surface area contributed by atoms with Crippen molar-refractivity contribution in [2.24, 2.45) is 17.7 Å². The summed E-state index contributed by atoms with van der Waals surface area (Å²) < 4.78 is 76.8. The van der Waals surface area contributed by atoms with Crippen LogP contribution >= 0.6 is 7.60 Å². The first-order valence-electron chi connectivity index (χ1n) is 17.9. The van der Waals surface area contributed by atoms with E-state index in [0.717, 1.165) is 10.4 Å². The average molecular weight is 831 g/mol. The third kappa shape index (κ3) is 17.8. The topological polar surface area (TPSA) is 218 Å².